The highest BCUT2D eigenvalue weighted by Gasteiger charge is 2.17. The smallest absolute Gasteiger partial charge is 0.123 e. The van der Waals surface area contributed by atoms with E-state index in [0.29, 0.717) is 6.04 Å². The average Bonchev–Trinajstić information content (AvgIpc) is 2.30. The highest BCUT2D eigenvalue weighted by molar-refractivity contribution is 5.16. The van der Waals surface area contributed by atoms with Crippen LogP contribution in [0.3, 0.4) is 0 Å². The average molecular weight is 222 g/mol. The highest BCUT2D eigenvalue weighted by Crippen LogP contribution is 2.13. The molecule has 1 aromatic rings. The second-order valence-electron chi connectivity index (χ2n) is 4.55. The zero-order valence-corrected chi connectivity index (χ0v) is 9.75. The molecular formula is C13H19FN2. The van der Waals surface area contributed by atoms with Gasteiger partial charge in [-0.1, -0.05) is 12.1 Å². The molecule has 16 heavy (non-hydrogen) atoms. The van der Waals surface area contributed by atoms with Gasteiger partial charge in [-0.3, -0.25) is 4.90 Å². The maximum atomic E-state index is 13.0. The molecule has 1 aromatic carbocycles. The van der Waals surface area contributed by atoms with Crippen molar-refractivity contribution in [1.29, 1.82) is 0 Å². The number of rotatable bonds is 3. The topological polar surface area (TPSA) is 15.3 Å². The van der Waals surface area contributed by atoms with E-state index < -0.39 is 0 Å². The van der Waals surface area contributed by atoms with Crippen molar-refractivity contribution >= 4 is 0 Å². The molecule has 1 heterocycles. The van der Waals surface area contributed by atoms with Crippen molar-refractivity contribution < 1.29 is 4.39 Å². The lowest BCUT2D eigenvalue weighted by Crippen LogP contribution is -2.43. The molecular weight excluding hydrogens is 203 g/mol. The van der Waals surface area contributed by atoms with Gasteiger partial charge in [-0.05, 0) is 44.1 Å². The minimum absolute atomic E-state index is 0.146. The Balaban J connectivity index is 1.93. The second kappa shape index (κ2) is 5.41. The van der Waals surface area contributed by atoms with Gasteiger partial charge >= 0.3 is 0 Å². The van der Waals surface area contributed by atoms with E-state index in [9.17, 15) is 4.39 Å². The van der Waals surface area contributed by atoms with E-state index in [1.165, 1.54) is 18.9 Å². The fraction of sp³-hybridized carbons (Fsp3) is 0.538. The predicted octanol–water partition coefficient (Wildman–Crippen LogP) is 2.01. The van der Waals surface area contributed by atoms with Crippen molar-refractivity contribution in [3.8, 4) is 0 Å². The first kappa shape index (κ1) is 11.6. The van der Waals surface area contributed by atoms with E-state index >= 15 is 0 Å². The van der Waals surface area contributed by atoms with E-state index in [4.69, 9.17) is 0 Å². The molecule has 1 N–H and O–H groups in total. The third-order valence-electron chi connectivity index (χ3n) is 3.22. The highest BCUT2D eigenvalue weighted by atomic mass is 19.1. The van der Waals surface area contributed by atoms with E-state index in [2.05, 4.69) is 17.3 Å². The molecule has 2 nitrogen and oxygen atoms in total. The summed E-state index contributed by atoms with van der Waals surface area (Å²) in [6.45, 7) is 3.00. The van der Waals surface area contributed by atoms with Gasteiger partial charge in [0.25, 0.3) is 0 Å². The number of likely N-dealkylation sites (N-methyl/N-ethyl adjacent to an activating group) is 1. The van der Waals surface area contributed by atoms with Gasteiger partial charge in [0.05, 0.1) is 0 Å². The van der Waals surface area contributed by atoms with Crippen LogP contribution in [-0.2, 0) is 6.54 Å². The summed E-state index contributed by atoms with van der Waals surface area (Å²) in [5.41, 5.74) is 1.05. The zero-order chi connectivity index (χ0) is 11.4. The summed E-state index contributed by atoms with van der Waals surface area (Å²) in [5, 5.41) is 3.40. The van der Waals surface area contributed by atoms with E-state index in [1.54, 1.807) is 12.1 Å². The maximum absolute atomic E-state index is 13.0. The first-order chi connectivity index (χ1) is 7.75. The van der Waals surface area contributed by atoms with Gasteiger partial charge in [0.2, 0.25) is 0 Å². The van der Waals surface area contributed by atoms with Gasteiger partial charge < -0.3 is 5.32 Å². The number of benzene rings is 1. The normalized spacial score (nSPS) is 21.3. The molecule has 0 spiro atoms. The molecule has 1 fully saturated rings. The van der Waals surface area contributed by atoms with Gasteiger partial charge in [-0.2, -0.15) is 0 Å². The minimum Gasteiger partial charge on any atom is -0.315 e. The lowest BCUT2D eigenvalue weighted by Gasteiger charge is -2.31. The molecule has 0 unspecified atom stereocenters. The zero-order valence-electron chi connectivity index (χ0n) is 9.75. The fourth-order valence-corrected chi connectivity index (χ4v) is 2.26. The van der Waals surface area contributed by atoms with Gasteiger partial charge in [0.1, 0.15) is 5.82 Å². The van der Waals surface area contributed by atoms with Crippen molar-refractivity contribution in [1.82, 2.24) is 10.2 Å². The molecule has 2 rings (SSSR count). The van der Waals surface area contributed by atoms with E-state index in [0.717, 1.165) is 25.2 Å². The Labute approximate surface area is 96.5 Å². The molecule has 0 bridgehead atoms. The molecule has 1 aliphatic rings. The molecule has 0 radical (unpaired) electrons. The Bertz CT molecular complexity index is 334. The summed E-state index contributed by atoms with van der Waals surface area (Å²) in [6.07, 6.45) is 2.47. The number of hydrogen-bond donors (Lipinski definition) is 1. The van der Waals surface area contributed by atoms with Crippen LogP contribution in [-0.4, -0.2) is 31.1 Å². The predicted molar refractivity (Wildman–Crippen MR) is 63.8 cm³/mol. The van der Waals surface area contributed by atoms with Crippen molar-refractivity contribution in [2.45, 2.75) is 25.4 Å². The van der Waals surface area contributed by atoms with Crippen LogP contribution in [0.5, 0.6) is 0 Å². The number of halogens is 1. The van der Waals surface area contributed by atoms with Crippen LogP contribution in [0.4, 0.5) is 4.39 Å². The Morgan fingerprint density at radius 1 is 1.50 bits per heavy atom. The van der Waals surface area contributed by atoms with Crippen molar-refractivity contribution in [2.75, 3.05) is 20.1 Å². The lowest BCUT2D eigenvalue weighted by atomic mass is 10.1. The van der Waals surface area contributed by atoms with E-state index in [1.807, 2.05) is 6.07 Å². The molecule has 88 valence electrons. The molecule has 1 aliphatic heterocycles. The monoisotopic (exact) mass is 222 g/mol. The minimum atomic E-state index is -0.146. The maximum Gasteiger partial charge on any atom is 0.123 e. The molecule has 0 aromatic heterocycles. The van der Waals surface area contributed by atoms with E-state index in [-0.39, 0.29) is 5.82 Å². The second-order valence-corrected chi connectivity index (χ2v) is 4.55. The summed E-state index contributed by atoms with van der Waals surface area (Å²) in [4.78, 5) is 2.31. The van der Waals surface area contributed by atoms with Gasteiger partial charge in [0.15, 0.2) is 0 Å². The molecule has 0 amide bonds. The molecule has 3 heteroatoms. The number of hydrogen-bond acceptors (Lipinski definition) is 2. The summed E-state index contributed by atoms with van der Waals surface area (Å²) < 4.78 is 13.0. The van der Waals surface area contributed by atoms with Gasteiger partial charge in [0, 0.05) is 19.1 Å². The number of nitrogens with zero attached hydrogens (tertiary/aromatic N) is 1. The van der Waals surface area contributed by atoms with Crippen LogP contribution < -0.4 is 5.32 Å². The third kappa shape index (κ3) is 3.03. The van der Waals surface area contributed by atoms with Crippen LogP contribution >= 0.6 is 0 Å². The summed E-state index contributed by atoms with van der Waals surface area (Å²) in [6, 6.07) is 7.45. The number of piperidine rings is 1. The molecule has 1 saturated heterocycles. The van der Waals surface area contributed by atoms with Crippen molar-refractivity contribution in [3.05, 3.63) is 35.6 Å². The molecule has 0 aliphatic carbocycles. The van der Waals surface area contributed by atoms with Crippen molar-refractivity contribution in [2.24, 2.45) is 0 Å². The lowest BCUT2D eigenvalue weighted by molar-refractivity contribution is 0.195. The summed E-state index contributed by atoms with van der Waals surface area (Å²) in [5.74, 6) is -0.146. The first-order valence-electron chi connectivity index (χ1n) is 5.91. The fourth-order valence-electron chi connectivity index (χ4n) is 2.26. The van der Waals surface area contributed by atoms with Gasteiger partial charge in [-0.15, -0.1) is 0 Å². The standard InChI is InChI=1S/C13H19FN2/c1-16(13-6-3-7-15-9-13)10-11-4-2-5-12(14)8-11/h2,4-5,8,13,15H,3,6-7,9-10H2,1H3/t13-/m0/s1. The summed E-state index contributed by atoms with van der Waals surface area (Å²) >= 11 is 0. The SMILES string of the molecule is CN(Cc1cccc(F)c1)[C@H]1CCCNC1. The third-order valence-corrected chi connectivity index (χ3v) is 3.22. The van der Waals surface area contributed by atoms with Crippen molar-refractivity contribution in [3.63, 3.8) is 0 Å². The summed E-state index contributed by atoms with van der Waals surface area (Å²) in [7, 11) is 2.11. The largest absolute Gasteiger partial charge is 0.315 e. The van der Waals surface area contributed by atoms with Crippen LogP contribution in [0, 0.1) is 5.82 Å². The first-order valence-corrected chi connectivity index (χ1v) is 5.91. The van der Waals surface area contributed by atoms with Crippen LogP contribution in [0.15, 0.2) is 24.3 Å². The Morgan fingerprint density at radius 3 is 3.06 bits per heavy atom. The van der Waals surface area contributed by atoms with Crippen LogP contribution in [0.25, 0.3) is 0 Å². The number of nitrogens with one attached hydrogen (secondary N) is 1. The van der Waals surface area contributed by atoms with Crippen LogP contribution in [0.2, 0.25) is 0 Å². The Morgan fingerprint density at radius 2 is 2.38 bits per heavy atom. The Hall–Kier alpha value is -0.930. The Kier molecular flexibility index (Phi) is 3.91. The van der Waals surface area contributed by atoms with Gasteiger partial charge in [-0.25, -0.2) is 4.39 Å². The quantitative estimate of drug-likeness (QED) is 0.841. The van der Waals surface area contributed by atoms with Crippen LogP contribution in [0.1, 0.15) is 18.4 Å². The molecule has 0 saturated carbocycles. The molecule has 1 atom stereocenters.